The van der Waals surface area contributed by atoms with Gasteiger partial charge in [-0.2, -0.15) is 0 Å². The maximum atomic E-state index is 12.1. The maximum Gasteiger partial charge on any atom is 0.260 e. The predicted molar refractivity (Wildman–Crippen MR) is 84.3 cm³/mol. The van der Waals surface area contributed by atoms with Gasteiger partial charge >= 0.3 is 0 Å². The molecule has 0 radical (unpaired) electrons. The van der Waals surface area contributed by atoms with Crippen LogP contribution in [-0.4, -0.2) is 18.1 Å². The van der Waals surface area contributed by atoms with Crippen LogP contribution in [0.4, 0.5) is 0 Å². The van der Waals surface area contributed by atoms with Crippen molar-refractivity contribution < 1.29 is 9.53 Å². The van der Waals surface area contributed by atoms with E-state index in [0.29, 0.717) is 6.04 Å². The number of aryl methyl sites for hydroxylation is 1. The molecule has 0 aromatic heterocycles. The predicted octanol–water partition coefficient (Wildman–Crippen LogP) is 2.84. The van der Waals surface area contributed by atoms with Gasteiger partial charge in [0.1, 0.15) is 5.75 Å². The van der Waals surface area contributed by atoms with E-state index in [2.05, 4.69) is 5.32 Å². The molecule has 4 nitrogen and oxygen atoms in total. The molecule has 1 aromatic carbocycles. The molecule has 0 saturated heterocycles. The number of rotatable bonds is 5. The zero-order valence-electron chi connectivity index (χ0n) is 13.2. The Kier molecular flexibility index (Phi) is 5.23. The van der Waals surface area contributed by atoms with Gasteiger partial charge in [0.15, 0.2) is 6.10 Å². The third-order valence-corrected chi connectivity index (χ3v) is 4.10. The van der Waals surface area contributed by atoms with Gasteiger partial charge in [-0.3, -0.25) is 4.79 Å². The number of nitrogens with two attached hydrogens (primary N) is 1. The molecule has 1 aliphatic rings. The first-order valence-electron chi connectivity index (χ1n) is 7.80. The average molecular weight is 290 g/mol. The van der Waals surface area contributed by atoms with E-state index in [4.69, 9.17) is 10.5 Å². The molecule has 21 heavy (non-hydrogen) atoms. The van der Waals surface area contributed by atoms with Crippen molar-refractivity contribution in [3.8, 4) is 5.75 Å². The van der Waals surface area contributed by atoms with Gasteiger partial charge < -0.3 is 15.8 Å². The van der Waals surface area contributed by atoms with Crippen molar-refractivity contribution in [3.05, 3.63) is 29.3 Å². The van der Waals surface area contributed by atoms with Crippen molar-refractivity contribution in [2.75, 3.05) is 0 Å². The van der Waals surface area contributed by atoms with Crippen LogP contribution in [-0.2, 0) is 4.79 Å². The highest BCUT2D eigenvalue weighted by Crippen LogP contribution is 2.23. The normalized spacial score (nSPS) is 18.3. The van der Waals surface area contributed by atoms with E-state index >= 15 is 0 Å². The molecule has 2 atom stereocenters. The van der Waals surface area contributed by atoms with Crippen molar-refractivity contribution in [1.82, 2.24) is 5.32 Å². The first kappa shape index (κ1) is 15.8. The van der Waals surface area contributed by atoms with Gasteiger partial charge in [0.25, 0.3) is 5.91 Å². The molecular formula is C17H26N2O2. The number of ether oxygens (including phenoxy) is 1. The maximum absolute atomic E-state index is 12.1. The summed E-state index contributed by atoms with van der Waals surface area (Å²) in [5, 5.41) is 3.06. The van der Waals surface area contributed by atoms with Crippen LogP contribution in [0.25, 0.3) is 0 Å². The lowest BCUT2D eigenvalue weighted by molar-refractivity contribution is -0.127. The fraction of sp³-hybridized carbons (Fsp3) is 0.588. The SMILES string of the molecule is Cc1cc([C@@H](C)N)ccc1OC(C)C(=O)NC1CCCC1. The van der Waals surface area contributed by atoms with Gasteiger partial charge in [-0.1, -0.05) is 25.0 Å². The lowest BCUT2D eigenvalue weighted by atomic mass is 10.1. The number of hydrogen-bond donors (Lipinski definition) is 2. The van der Waals surface area contributed by atoms with E-state index in [1.807, 2.05) is 32.0 Å². The van der Waals surface area contributed by atoms with Gasteiger partial charge in [-0.25, -0.2) is 0 Å². The highest BCUT2D eigenvalue weighted by atomic mass is 16.5. The Balaban J connectivity index is 1.95. The summed E-state index contributed by atoms with van der Waals surface area (Å²) in [6, 6.07) is 6.19. The molecule has 0 bridgehead atoms. The van der Waals surface area contributed by atoms with Crippen molar-refractivity contribution in [2.45, 2.75) is 64.6 Å². The molecule has 1 amide bonds. The minimum Gasteiger partial charge on any atom is -0.481 e. The smallest absolute Gasteiger partial charge is 0.260 e. The molecule has 4 heteroatoms. The lowest BCUT2D eigenvalue weighted by Gasteiger charge is -2.19. The number of amides is 1. The highest BCUT2D eigenvalue weighted by molar-refractivity contribution is 5.81. The fourth-order valence-corrected chi connectivity index (χ4v) is 2.72. The molecule has 0 spiro atoms. The second-order valence-corrected chi connectivity index (χ2v) is 6.06. The molecule has 2 rings (SSSR count). The summed E-state index contributed by atoms with van der Waals surface area (Å²) in [7, 11) is 0. The zero-order chi connectivity index (χ0) is 15.4. The first-order chi connectivity index (χ1) is 9.97. The van der Waals surface area contributed by atoms with E-state index < -0.39 is 6.10 Å². The summed E-state index contributed by atoms with van der Waals surface area (Å²) in [5.41, 5.74) is 7.95. The fourth-order valence-electron chi connectivity index (χ4n) is 2.72. The molecule has 1 fully saturated rings. The number of nitrogens with one attached hydrogen (secondary N) is 1. The summed E-state index contributed by atoms with van der Waals surface area (Å²) in [5.74, 6) is 0.714. The van der Waals surface area contributed by atoms with Crippen LogP contribution < -0.4 is 15.8 Å². The van der Waals surface area contributed by atoms with Crippen LogP contribution in [0.3, 0.4) is 0 Å². The Morgan fingerprint density at radius 3 is 2.57 bits per heavy atom. The minimum absolute atomic E-state index is 0.000777. The van der Waals surface area contributed by atoms with Crippen LogP contribution in [0.5, 0.6) is 5.75 Å². The topological polar surface area (TPSA) is 64.3 Å². The van der Waals surface area contributed by atoms with E-state index in [1.165, 1.54) is 12.8 Å². The number of hydrogen-bond acceptors (Lipinski definition) is 3. The van der Waals surface area contributed by atoms with E-state index in [-0.39, 0.29) is 11.9 Å². The number of carbonyl (C=O) groups is 1. The summed E-state index contributed by atoms with van der Waals surface area (Å²) in [6.45, 7) is 5.72. The summed E-state index contributed by atoms with van der Waals surface area (Å²) >= 11 is 0. The average Bonchev–Trinajstić information content (AvgIpc) is 2.93. The Hall–Kier alpha value is -1.55. The standard InChI is InChI=1S/C17H26N2O2/c1-11-10-14(12(2)18)8-9-16(11)21-13(3)17(20)19-15-6-4-5-7-15/h8-10,12-13,15H,4-7,18H2,1-3H3,(H,19,20)/t12-,13?/m1/s1. The molecule has 3 N–H and O–H groups in total. The van der Waals surface area contributed by atoms with Crippen LogP contribution >= 0.6 is 0 Å². The van der Waals surface area contributed by atoms with Gasteiger partial charge in [0.2, 0.25) is 0 Å². The van der Waals surface area contributed by atoms with Crippen molar-refractivity contribution in [3.63, 3.8) is 0 Å². The molecule has 116 valence electrons. The molecule has 0 aliphatic heterocycles. The quantitative estimate of drug-likeness (QED) is 0.876. The Morgan fingerprint density at radius 1 is 1.33 bits per heavy atom. The third-order valence-electron chi connectivity index (χ3n) is 4.10. The number of benzene rings is 1. The monoisotopic (exact) mass is 290 g/mol. The van der Waals surface area contributed by atoms with Crippen LogP contribution in [0.1, 0.15) is 56.7 Å². The first-order valence-corrected chi connectivity index (χ1v) is 7.80. The lowest BCUT2D eigenvalue weighted by Crippen LogP contribution is -2.41. The van der Waals surface area contributed by atoms with Gasteiger partial charge in [-0.15, -0.1) is 0 Å². The third kappa shape index (κ3) is 4.21. The summed E-state index contributed by atoms with van der Waals surface area (Å²) in [6.07, 6.45) is 4.10. The van der Waals surface area contributed by atoms with Crippen LogP contribution in [0.2, 0.25) is 0 Å². The molecule has 1 aromatic rings. The van der Waals surface area contributed by atoms with E-state index in [0.717, 1.165) is 29.7 Å². The largest absolute Gasteiger partial charge is 0.481 e. The molecular weight excluding hydrogens is 264 g/mol. The molecule has 1 aliphatic carbocycles. The second kappa shape index (κ2) is 6.94. The highest BCUT2D eigenvalue weighted by Gasteiger charge is 2.22. The molecule has 1 saturated carbocycles. The summed E-state index contributed by atoms with van der Waals surface area (Å²) in [4.78, 5) is 12.1. The Bertz CT molecular complexity index is 494. The van der Waals surface area contributed by atoms with Crippen molar-refractivity contribution in [1.29, 1.82) is 0 Å². The van der Waals surface area contributed by atoms with Gasteiger partial charge in [-0.05, 0) is 50.8 Å². The van der Waals surface area contributed by atoms with Crippen molar-refractivity contribution >= 4 is 5.91 Å². The van der Waals surface area contributed by atoms with E-state index in [1.54, 1.807) is 6.92 Å². The second-order valence-electron chi connectivity index (χ2n) is 6.06. The molecule has 0 heterocycles. The Morgan fingerprint density at radius 2 is 2.00 bits per heavy atom. The van der Waals surface area contributed by atoms with E-state index in [9.17, 15) is 4.79 Å². The zero-order valence-corrected chi connectivity index (χ0v) is 13.2. The summed E-state index contributed by atoms with van der Waals surface area (Å²) < 4.78 is 5.80. The van der Waals surface area contributed by atoms with Crippen molar-refractivity contribution in [2.24, 2.45) is 5.73 Å². The minimum atomic E-state index is -0.481. The Labute approximate surface area is 127 Å². The van der Waals surface area contributed by atoms with Crippen LogP contribution in [0.15, 0.2) is 18.2 Å². The number of carbonyl (C=O) groups excluding carboxylic acids is 1. The van der Waals surface area contributed by atoms with Gasteiger partial charge in [0, 0.05) is 12.1 Å². The van der Waals surface area contributed by atoms with Crippen LogP contribution in [0, 0.1) is 6.92 Å². The van der Waals surface area contributed by atoms with Gasteiger partial charge in [0.05, 0.1) is 0 Å². The molecule has 1 unspecified atom stereocenters.